The number of hydrogen-bond donors (Lipinski definition) is 2. The van der Waals surface area contributed by atoms with Crippen LogP contribution in [0.2, 0.25) is 0 Å². The molecule has 1 heterocycles. The lowest BCUT2D eigenvalue weighted by molar-refractivity contribution is -0.0504. The maximum Gasteiger partial charge on any atom is 0.387 e. The maximum atomic E-state index is 12.7. The average Bonchev–Trinajstić information content (AvgIpc) is 2.93. The van der Waals surface area contributed by atoms with Crippen molar-refractivity contribution in [2.24, 2.45) is 4.99 Å². The minimum absolute atomic E-state index is 0.108. The van der Waals surface area contributed by atoms with Crippen LogP contribution in [-0.4, -0.2) is 82.3 Å². The van der Waals surface area contributed by atoms with Crippen LogP contribution in [0, 0.1) is 0 Å². The molecule has 1 saturated heterocycles. The molecule has 1 aliphatic rings. The van der Waals surface area contributed by atoms with Crippen LogP contribution >= 0.6 is 0 Å². The predicted molar refractivity (Wildman–Crippen MR) is 116 cm³/mol. The first-order valence-electron chi connectivity index (χ1n) is 10.6. The van der Waals surface area contributed by atoms with Crippen molar-refractivity contribution in [1.82, 2.24) is 20.4 Å². The topological polar surface area (TPSA) is 61.4 Å². The lowest BCUT2D eigenvalue weighted by Crippen LogP contribution is -2.39. The largest absolute Gasteiger partial charge is 0.497 e. The molecule has 0 radical (unpaired) electrons. The Morgan fingerprint density at radius 1 is 1.20 bits per heavy atom. The molecule has 1 aliphatic heterocycles. The number of nitrogens with one attached hydrogen (secondary N) is 2. The van der Waals surface area contributed by atoms with Gasteiger partial charge in [0, 0.05) is 31.7 Å². The molecule has 1 aromatic rings. The molecule has 0 saturated carbocycles. The molecule has 0 aromatic heterocycles. The van der Waals surface area contributed by atoms with E-state index < -0.39 is 6.61 Å². The zero-order chi connectivity index (χ0) is 21.8. The van der Waals surface area contributed by atoms with Gasteiger partial charge in [0.25, 0.3) is 0 Å². The number of alkyl halides is 2. The Hall–Kier alpha value is -2.13. The van der Waals surface area contributed by atoms with Crippen LogP contribution in [0.25, 0.3) is 0 Å². The van der Waals surface area contributed by atoms with E-state index in [1.54, 1.807) is 12.1 Å². The number of aliphatic imine (C=N–C) groups is 1. The minimum atomic E-state index is -2.88. The van der Waals surface area contributed by atoms with E-state index in [1.807, 2.05) is 6.92 Å². The monoisotopic (exact) mass is 427 g/mol. The standard InChI is InChI=1S/C21H35F2N5O2/c1-4-24-21(25-9-5-11-28-12-6-10-27(2)13-14-28)26-16-17-15-18(29-3)7-8-19(17)30-20(22)23/h7-8,15,20H,4-6,9-14,16H2,1-3H3,(H2,24,25,26). The van der Waals surface area contributed by atoms with Gasteiger partial charge in [0.2, 0.25) is 0 Å². The van der Waals surface area contributed by atoms with Gasteiger partial charge in [0.05, 0.1) is 13.7 Å². The summed E-state index contributed by atoms with van der Waals surface area (Å²) < 4.78 is 35.2. The fourth-order valence-corrected chi connectivity index (χ4v) is 3.36. The van der Waals surface area contributed by atoms with Gasteiger partial charge in [-0.05, 0) is 64.6 Å². The SMILES string of the molecule is CCNC(=NCc1cc(OC)ccc1OC(F)F)NCCCN1CCCN(C)CC1. The number of ether oxygens (including phenoxy) is 2. The number of hydrogen-bond acceptors (Lipinski definition) is 5. The summed E-state index contributed by atoms with van der Waals surface area (Å²) in [5.41, 5.74) is 0.542. The number of methoxy groups -OCH3 is 1. The Bertz CT molecular complexity index is 660. The van der Waals surface area contributed by atoms with Crippen LogP contribution in [0.1, 0.15) is 25.3 Å². The second-order valence-corrected chi connectivity index (χ2v) is 7.33. The fraction of sp³-hybridized carbons (Fsp3) is 0.667. The van der Waals surface area contributed by atoms with E-state index in [0.717, 1.165) is 45.7 Å². The Labute approximate surface area is 178 Å². The zero-order valence-electron chi connectivity index (χ0n) is 18.3. The number of halogens is 2. The number of benzene rings is 1. The van der Waals surface area contributed by atoms with Gasteiger partial charge in [0.1, 0.15) is 11.5 Å². The second kappa shape index (κ2) is 13.2. The third kappa shape index (κ3) is 8.71. The highest BCUT2D eigenvalue weighted by molar-refractivity contribution is 5.79. The van der Waals surface area contributed by atoms with E-state index >= 15 is 0 Å². The number of rotatable bonds is 10. The quantitative estimate of drug-likeness (QED) is 0.340. The first-order valence-corrected chi connectivity index (χ1v) is 10.6. The molecule has 2 rings (SSSR count). The van der Waals surface area contributed by atoms with Crippen LogP contribution < -0.4 is 20.1 Å². The van der Waals surface area contributed by atoms with Gasteiger partial charge in [-0.1, -0.05) is 0 Å². The highest BCUT2D eigenvalue weighted by atomic mass is 19.3. The highest BCUT2D eigenvalue weighted by Crippen LogP contribution is 2.26. The Kier molecular flexibility index (Phi) is 10.6. The van der Waals surface area contributed by atoms with Gasteiger partial charge in [-0.25, -0.2) is 4.99 Å². The highest BCUT2D eigenvalue weighted by Gasteiger charge is 2.12. The van der Waals surface area contributed by atoms with Crippen molar-refractivity contribution in [2.75, 3.05) is 60.0 Å². The summed E-state index contributed by atoms with van der Waals surface area (Å²) in [4.78, 5) is 9.40. The third-order valence-electron chi connectivity index (χ3n) is 4.99. The van der Waals surface area contributed by atoms with Gasteiger partial charge < -0.3 is 29.9 Å². The van der Waals surface area contributed by atoms with Crippen molar-refractivity contribution < 1.29 is 18.3 Å². The van der Waals surface area contributed by atoms with Crippen LogP contribution in [-0.2, 0) is 6.54 Å². The van der Waals surface area contributed by atoms with E-state index in [2.05, 4.69) is 37.2 Å². The van der Waals surface area contributed by atoms with Crippen molar-refractivity contribution in [3.05, 3.63) is 23.8 Å². The second-order valence-electron chi connectivity index (χ2n) is 7.33. The summed E-state index contributed by atoms with van der Waals surface area (Å²) in [6, 6.07) is 4.74. The molecule has 0 aliphatic carbocycles. The normalized spacial score (nSPS) is 16.4. The van der Waals surface area contributed by atoms with Crippen molar-refractivity contribution in [3.63, 3.8) is 0 Å². The molecule has 0 spiro atoms. The number of nitrogens with zero attached hydrogens (tertiary/aromatic N) is 3. The molecule has 0 unspecified atom stereocenters. The fourth-order valence-electron chi connectivity index (χ4n) is 3.36. The molecule has 1 fully saturated rings. The molecule has 7 nitrogen and oxygen atoms in total. The van der Waals surface area contributed by atoms with Crippen molar-refractivity contribution in [2.45, 2.75) is 32.9 Å². The van der Waals surface area contributed by atoms with Gasteiger partial charge in [-0.15, -0.1) is 0 Å². The smallest absolute Gasteiger partial charge is 0.387 e. The summed E-state index contributed by atoms with van der Waals surface area (Å²) in [5.74, 6) is 1.33. The van der Waals surface area contributed by atoms with E-state index in [4.69, 9.17) is 4.74 Å². The van der Waals surface area contributed by atoms with Gasteiger partial charge in [-0.3, -0.25) is 0 Å². The summed E-state index contributed by atoms with van der Waals surface area (Å²) >= 11 is 0. The van der Waals surface area contributed by atoms with Crippen LogP contribution in [0.4, 0.5) is 8.78 Å². The Balaban J connectivity index is 1.89. The minimum Gasteiger partial charge on any atom is -0.497 e. The maximum absolute atomic E-state index is 12.7. The lowest BCUT2D eigenvalue weighted by Gasteiger charge is -2.20. The first-order chi connectivity index (χ1) is 14.5. The molecule has 2 N–H and O–H groups in total. The summed E-state index contributed by atoms with van der Waals surface area (Å²) in [6.07, 6.45) is 2.21. The van der Waals surface area contributed by atoms with Crippen molar-refractivity contribution in [1.29, 1.82) is 0 Å². The van der Waals surface area contributed by atoms with Crippen LogP contribution in [0.15, 0.2) is 23.2 Å². The molecule has 9 heteroatoms. The van der Waals surface area contributed by atoms with E-state index in [-0.39, 0.29) is 12.3 Å². The Morgan fingerprint density at radius 2 is 2.03 bits per heavy atom. The molecule has 30 heavy (non-hydrogen) atoms. The summed E-state index contributed by atoms with van der Waals surface area (Å²) in [6.45, 7) is 6.37. The van der Waals surface area contributed by atoms with Gasteiger partial charge >= 0.3 is 6.61 Å². The lowest BCUT2D eigenvalue weighted by atomic mass is 10.2. The van der Waals surface area contributed by atoms with Crippen molar-refractivity contribution >= 4 is 5.96 Å². The molecule has 0 bridgehead atoms. The molecule has 0 atom stereocenters. The molecule has 0 amide bonds. The van der Waals surface area contributed by atoms with Crippen LogP contribution in [0.5, 0.6) is 11.5 Å². The first kappa shape index (κ1) is 24.1. The Morgan fingerprint density at radius 3 is 2.77 bits per heavy atom. The number of guanidine groups is 1. The summed E-state index contributed by atoms with van der Waals surface area (Å²) in [5, 5.41) is 6.52. The van der Waals surface area contributed by atoms with E-state index in [0.29, 0.717) is 23.8 Å². The molecule has 1 aromatic carbocycles. The predicted octanol–water partition coefficient (Wildman–Crippen LogP) is 2.38. The molecular formula is C21H35F2N5O2. The third-order valence-corrected chi connectivity index (χ3v) is 4.99. The van der Waals surface area contributed by atoms with E-state index in [9.17, 15) is 8.78 Å². The van der Waals surface area contributed by atoms with Gasteiger partial charge in [-0.2, -0.15) is 8.78 Å². The van der Waals surface area contributed by atoms with Crippen molar-refractivity contribution in [3.8, 4) is 11.5 Å². The van der Waals surface area contributed by atoms with E-state index in [1.165, 1.54) is 19.6 Å². The average molecular weight is 428 g/mol. The van der Waals surface area contributed by atoms with Gasteiger partial charge in [0.15, 0.2) is 5.96 Å². The molecular weight excluding hydrogens is 392 g/mol. The van der Waals surface area contributed by atoms with Crippen LogP contribution in [0.3, 0.4) is 0 Å². The molecule has 170 valence electrons. The summed E-state index contributed by atoms with van der Waals surface area (Å²) in [7, 11) is 3.70. The zero-order valence-corrected chi connectivity index (χ0v) is 18.3. The number of likely N-dealkylation sites (N-methyl/N-ethyl adjacent to an activating group) is 1.